The first kappa shape index (κ1) is 17.3. The van der Waals surface area contributed by atoms with Crippen molar-refractivity contribution in [3.8, 4) is 0 Å². The van der Waals surface area contributed by atoms with E-state index in [4.69, 9.17) is 11.6 Å². The zero-order chi connectivity index (χ0) is 16.2. The van der Waals surface area contributed by atoms with Crippen LogP contribution in [-0.4, -0.2) is 34.1 Å². The van der Waals surface area contributed by atoms with Crippen LogP contribution in [0.2, 0.25) is 5.02 Å². The molecule has 0 saturated heterocycles. The molecule has 0 aliphatic carbocycles. The molecule has 0 aliphatic rings. The molecule has 0 spiro atoms. The molecule has 21 heavy (non-hydrogen) atoms. The van der Waals surface area contributed by atoms with E-state index in [0.29, 0.717) is 11.6 Å². The second-order valence-corrected chi connectivity index (χ2v) is 5.77. The third kappa shape index (κ3) is 4.11. The maximum Gasteiger partial charge on any atom is 0.329 e. The van der Waals surface area contributed by atoms with Crippen molar-refractivity contribution in [2.24, 2.45) is 0 Å². The highest BCUT2D eigenvalue weighted by Gasteiger charge is 2.37. The Morgan fingerprint density at radius 3 is 2.29 bits per heavy atom. The molecule has 0 saturated carbocycles. The Morgan fingerprint density at radius 1 is 1.33 bits per heavy atom. The summed E-state index contributed by atoms with van der Waals surface area (Å²) < 4.78 is 0. The van der Waals surface area contributed by atoms with Crippen LogP contribution in [0, 0.1) is 0 Å². The molecule has 2 amide bonds. The lowest BCUT2D eigenvalue weighted by Gasteiger charge is -2.35. The van der Waals surface area contributed by atoms with Gasteiger partial charge in [0.15, 0.2) is 0 Å². The molecule has 1 atom stereocenters. The summed E-state index contributed by atoms with van der Waals surface area (Å²) in [5.41, 5.74) is -0.365. The van der Waals surface area contributed by atoms with E-state index in [9.17, 15) is 14.7 Å². The molecule has 6 heteroatoms. The van der Waals surface area contributed by atoms with E-state index < -0.39 is 17.5 Å². The zero-order valence-electron chi connectivity index (χ0n) is 12.7. The number of rotatable bonds is 5. The fourth-order valence-electron chi connectivity index (χ4n) is 2.01. The molecule has 1 aromatic rings. The summed E-state index contributed by atoms with van der Waals surface area (Å²) in [7, 11) is 0. The van der Waals surface area contributed by atoms with Crippen molar-refractivity contribution in [2.45, 2.75) is 39.3 Å². The predicted molar refractivity (Wildman–Crippen MR) is 82.5 cm³/mol. The number of halogens is 1. The summed E-state index contributed by atoms with van der Waals surface area (Å²) >= 11 is 5.83. The van der Waals surface area contributed by atoms with Crippen LogP contribution in [0.25, 0.3) is 0 Å². The smallest absolute Gasteiger partial charge is 0.329 e. The van der Waals surface area contributed by atoms with Gasteiger partial charge in [0, 0.05) is 11.6 Å². The van der Waals surface area contributed by atoms with Crippen LogP contribution in [0.4, 0.5) is 4.79 Å². The number of urea groups is 1. The number of carboxylic acids is 1. The van der Waals surface area contributed by atoms with E-state index in [1.165, 1.54) is 18.7 Å². The van der Waals surface area contributed by atoms with Gasteiger partial charge in [0.05, 0.1) is 6.04 Å². The first-order valence-electron chi connectivity index (χ1n) is 6.77. The number of nitrogens with one attached hydrogen (secondary N) is 1. The molecule has 0 fully saturated rings. The molecule has 1 unspecified atom stereocenters. The van der Waals surface area contributed by atoms with Gasteiger partial charge in [-0.2, -0.15) is 0 Å². The Labute approximate surface area is 129 Å². The third-order valence-corrected chi connectivity index (χ3v) is 3.72. The lowest BCUT2D eigenvalue weighted by Crippen LogP contribution is -2.56. The topological polar surface area (TPSA) is 69.6 Å². The Kier molecular flexibility index (Phi) is 5.61. The molecule has 0 bridgehead atoms. The number of likely N-dealkylation sites (N-methyl/N-ethyl adjacent to an activating group) is 1. The van der Waals surface area contributed by atoms with Crippen LogP contribution in [0.3, 0.4) is 0 Å². The van der Waals surface area contributed by atoms with E-state index in [-0.39, 0.29) is 6.04 Å². The molecule has 1 rings (SSSR count). The van der Waals surface area contributed by atoms with Crippen LogP contribution in [-0.2, 0) is 4.79 Å². The van der Waals surface area contributed by atoms with Crippen molar-refractivity contribution in [2.75, 3.05) is 6.54 Å². The van der Waals surface area contributed by atoms with Crippen molar-refractivity contribution in [1.82, 2.24) is 10.2 Å². The average Bonchev–Trinajstić information content (AvgIpc) is 2.39. The molecule has 116 valence electrons. The van der Waals surface area contributed by atoms with Gasteiger partial charge in [-0.3, -0.25) is 0 Å². The van der Waals surface area contributed by atoms with Gasteiger partial charge in [-0.25, -0.2) is 9.59 Å². The van der Waals surface area contributed by atoms with Gasteiger partial charge < -0.3 is 15.3 Å². The lowest BCUT2D eigenvalue weighted by atomic mass is 10.0. The molecular weight excluding hydrogens is 292 g/mol. The van der Waals surface area contributed by atoms with Crippen molar-refractivity contribution in [3.63, 3.8) is 0 Å². The Morgan fingerprint density at radius 2 is 1.86 bits per heavy atom. The Balaban J connectivity index is 2.83. The van der Waals surface area contributed by atoms with Gasteiger partial charge in [-0.05, 0) is 45.4 Å². The minimum Gasteiger partial charge on any atom is -0.480 e. The Hall–Kier alpha value is -1.75. The van der Waals surface area contributed by atoms with Crippen molar-refractivity contribution in [3.05, 3.63) is 34.9 Å². The highest BCUT2D eigenvalue weighted by Crippen LogP contribution is 2.19. The van der Waals surface area contributed by atoms with Crippen molar-refractivity contribution in [1.29, 1.82) is 0 Å². The number of hydrogen-bond acceptors (Lipinski definition) is 2. The van der Waals surface area contributed by atoms with Crippen LogP contribution in [0.1, 0.15) is 39.3 Å². The summed E-state index contributed by atoms with van der Waals surface area (Å²) in [5.74, 6) is -1.04. The van der Waals surface area contributed by atoms with Crippen LogP contribution in [0.5, 0.6) is 0 Å². The molecule has 0 aromatic heterocycles. The van der Waals surface area contributed by atoms with Gasteiger partial charge >= 0.3 is 12.0 Å². The molecular formula is C15H21ClN2O3. The van der Waals surface area contributed by atoms with Crippen molar-refractivity contribution >= 4 is 23.6 Å². The summed E-state index contributed by atoms with van der Waals surface area (Å²) in [5, 5.41) is 12.7. The van der Waals surface area contributed by atoms with Crippen LogP contribution in [0.15, 0.2) is 24.3 Å². The summed E-state index contributed by atoms with van der Waals surface area (Å²) in [6, 6.07) is 6.50. The second kappa shape index (κ2) is 6.80. The van der Waals surface area contributed by atoms with Gasteiger partial charge in [0.1, 0.15) is 5.54 Å². The minimum atomic E-state index is -1.27. The number of aliphatic carboxylic acids is 1. The first-order chi connectivity index (χ1) is 9.70. The van der Waals surface area contributed by atoms with E-state index >= 15 is 0 Å². The molecule has 1 aromatic carbocycles. The molecule has 5 nitrogen and oxygen atoms in total. The zero-order valence-corrected chi connectivity index (χ0v) is 13.4. The van der Waals surface area contributed by atoms with Gasteiger partial charge in [-0.1, -0.05) is 23.7 Å². The summed E-state index contributed by atoms with van der Waals surface area (Å²) in [6.45, 7) is 6.90. The molecule has 0 radical (unpaired) electrons. The number of carbonyl (C=O) groups is 2. The van der Waals surface area contributed by atoms with Crippen LogP contribution < -0.4 is 5.32 Å². The highest BCUT2D eigenvalue weighted by molar-refractivity contribution is 6.30. The fraction of sp³-hybridized carbons (Fsp3) is 0.467. The standard InChI is InChI=1S/C15H21ClN2O3/c1-5-18(15(3,4)13(19)20)14(21)17-10(2)11-6-8-12(16)9-7-11/h6-10H,5H2,1-4H3,(H,17,21)(H,19,20). The number of amides is 2. The summed E-state index contributed by atoms with van der Waals surface area (Å²) in [6.07, 6.45) is 0. The molecule has 0 heterocycles. The maximum atomic E-state index is 12.3. The normalized spacial score (nSPS) is 12.6. The van der Waals surface area contributed by atoms with Gasteiger partial charge in [0.2, 0.25) is 0 Å². The van der Waals surface area contributed by atoms with Gasteiger partial charge in [-0.15, -0.1) is 0 Å². The number of carbonyl (C=O) groups excluding carboxylic acids is 1. The predicted octanol–water partition coefficient (Wildman–Crippen LogP) is 3.30. The van der Waals surface area contributed by atoms with E-state index in [2.05, 4.69) is 5.32 Å². The highest BCUT2D eigenvalue weighted by atomic mass is 35.5. The Bertz CT molecular complexity index is 514. The quantitative estimate of drug-likeness (QED) is 0.876. The van der Waals surface area contributed by atoms with E-state index in [0.717, 1.165) is 5.56 Å². The number of benzene rings is 1. The largest absolute Gasteiger partial charge is 0.480 e. The van der Waals surface area contributed by atoms with E-state index in [1.54, 1.807) is 19.1 Å². The number of hydrogen-bond donors (Lipinski definition) is 2. The SMILES string of the molecule is CCN(C(=O)NC(C)c1ccc(Cl)cc1)C(C)(C)C(=O)O. The van der Waals surface area contributed by atoms with E-state index in [1.807, 2.05) is 19.1 Å². The van der Waals surface area contributed by atoms with Crippen LogP contribution >= 0.6 is 11.6 Å². The number of carboxylic acid groups (broad SMARTS) is 1. The fourth-order valence-corrected chi connectivity index (χ4v) is 2.13. The summed E-state index contributed by atoms with van der Waals surface area (Å²) in [4.78, 5) is 24.9. The second-order valence-electron chi connectivity index (χ2n) is 5.33. The molecule has 2 N–H and O–H groups in total. The van der Waals surface area contributed by atoms with Gasteiger partial charge in [0.25, 0.3) is 0 Å². The first-order valence-corrected chi connectivity index (χ1v) is 7.15. The monoisotopic (exact) mass is 312 g/mol. The third-order valence-electron chi connectivity index (χ3n) is 3.47. The molecule has 0 aliphatic heterocycles. The number of nitrogens with zero attached hydrogens (tertiary/aromatic N) is 1. The lowest BCUT2D eigenvalue weighted by molar-refractivity contribution is -0.147. The maximum absolute atomic E-state index is 12.3. The minimum absolute atomic E-state index is 0.242. The van der Waals surface area contributed by atoms with Crippen molar-refractivity contribution < 1.29 is 14.7 Å². The average molecular weight is 313 g/mol.